The fourth-order valence-electron chi connectivity index (χ4n) is 1.93. The molecular formula is C15H10ClN3O2. The predicted octanol–water partition coefficient (Wildman–Crippen LogP) is 2.60. The molecule has 2 aromatic heterocycles. The number of nitrogens with zero attached hydrogens (tertiary/aromatic N) is 2. The molecule has 1 amide bonds. The summed E-state index contributed by atoms with van der Waals surface area (Å²) in [5, 5.41) is 3.01. The van der Waals surface area contributed by atoms with Gasteiger partial charge in [-0.1, -0.05) is 29.8 Å². The highest BCUT2D eigenvalue weighted by molar-refractivity contribution is 6.33. The Kier molecular flexibility index (Phi) is 3.41. The van der Waals surface area contributed by atoms with Crippen LogP contribution in [0.15, 0.2) is 59.7 Å². The molecule has 1 N–H and O–H groups in total. The van der Waals surface area contributed by atoms with Crippen molar-refractivity contribution >= 4 is 28.8 Å². The molecule has 1 aromatic carbocycles. The summed E-state index contributed by atoms with van der Waals surface area (Å²) < 4.78 is 1.32. The first-order valence-corrected chi connectivity index (χ1v) is 6.57. The third kappa shape index (κ3) is 2.51. The molecule has 0 saturated heterocycles. The number of hydrogen-bond donors (Lipinski definition) is 1. The Labute approximate surface area is 124 Å². The molecule has 6 heteroatoms. The van der Waals surface area contributed by atoms with Gasteiger partial charge < -0.3 is 5.32 Å². The molecule has 0 unspecified atom stereocenters. The zero-order valence-corrected chi connectivity index (χ0v) is 11.5. The Morgan fingerprint density at radius 3 is 2.71 bits per heavy atom. The van der Waals surface area contributed by atoms with E-state index in [1.807, 2.05) is 0 Å². The van der Waals surface area contributed by atoms with E-state index in [2.05, 4.69) is 10.3 Å². The molecule has 3 aromatic rings. The van der Waals surface area contributed by atoms with Gasteiger partial charge in [-0.05, 0) is 24.3 Å². The molecule has 21 heavy (non-hydrogen) atoms. The van der Waals surface area contributed by atoms with Gasteiger partial charge in [-0.15, -0.1) is 0 Å². The number of carbonyl (C=O) groups is 1. The van der Waals surface area contributed by atoms with E-state index in [-0.39, 0.29) is 5.56 Å². The van der Waals surface area contributed by atoms with Crippen molar-refractivity contribution in [3.05, 3.63) is 75.8 Å². The predicted molar refractivity (Wildman–Crippen MR) is 80.9 cm³/mol. The van der Waals surface area contributed by atoms with E-state index in [4.69, 9.17) is 11.6 Å². The Balaban J connectivity index is 2.01. The van der Waals surface area contributed by atoms with E-state index in [1.165, 1.54) is 10.6 Å². The largest absolute Gasteiger partial charge is 0.320 e. The number of amides is 1. The van der Waals surface area contributed by atoms with Crippen LogP contribution in [-0.2, 0) is 0 Å². The van der Waals surface area contributed by atoms with Crippen molar-refractivity contribution in [3.63, 3.8) is 0 Å². The number of anilines is 1. The average molecular weight is 300 g/mol. The molecule has 0 aliphatic rings. The van der Waals surface area contributed by atoms with Crippen molar-refractivity contribution in [2.75, 3.05) is 5.32 Å². The highest BCUT2D eigenvalue weighted by atomic mass is 35.5. The van der Waals surface area contributed by atoms with E-state index < -0.39 is 11.5 Å². The summed E-state index contributed by atoms with van der Waals surface area (Å²) in [6.07, 6.45) is 2.83. The van der Waals surface area contributed by atoms with Crippen LogP contribution >= 0.6 is 11.6 Å². The molecule has 5 nitrogen and oxygen atoms in total. The van der Waals surface area contributed by atoms with Gasteiger partial charge in [0.1, 0.15) is 11.2 Å². The van der Waals surface area contributed by atoms with Crippen LogP contribution in [0.1, 0.15) is 10.4 Å². The lowest BCUT2D eigenvalue weighted by atomic mass is 10.2. The van der Waals surface area contributed by atoms with E-state index in [0.29, 0.717) is 16.4 Å². The van der Waals surface area contributed by atoms with E-state index in [9.17, 15) is 9.59 Å². The molecule has 0 spiro atoms. The number of fused-ring (bicyclic) bond motifs is 1. The summed E-state index contributed by atoms with van der Waals surface area (Å²) in [4.78, 5) is 28.6. The van der Waals surface area contributed by atoms with Gasteiger partial charge in [-0.2, -0.15) is 0 Å². The number of pyridine rings is 1. The smallest absolute Gasteiger partial charge is 0.270 e. The Hall–Kier alpha value is -2.66. The standard InChI is InChI=1S/C15H10ClN3O2/c16-11-5-1-2-6-12(11)18-14(20)10-9-17-13-7-3-4-8-19(13)15(10)21/h1-9H,(H,18,20). The van der Waals surface area contributed by atoms with Gasteiger partial charge in [-0.25, -0.2) is 4.98 Å². The molecule has 104 valence electrons. The van der Waals surface area contributed by atoms with Crippen LogP contribution in [0.5, 0.6) is 0 Å². The van der Waals surface area contributed by atoms with E-state index in [1.54, 1.807) is 48.7 Å². The second-order valence-corrected chi connectivity index (χ2v) is 4.75. The lowest BCUT2D eigenvalue weighted by Gasteiger charge is -2.07. The molecule has 0 aliphatic heterocycles. The van der Waals surface area contributed by atoms with Crippen molar-refractivity contribution < 1.29 is 4.79 Å². The number of halogens is 1. The van der Waals surface area contributed by atoms with Gasteiger partial charge in [0.2, 0.25) is 0 Å². The summed E-state index contributed by atoms with van der Waals surface area (Å²) in [5.41, 5.74) is 0.460. The van der Waals surface area contributed by atoms with Gasteiger partial charge in [0.05, 0.1) is 10.7 Å². The first-order valence-electron chi connectivity index (χ1n) is 6.19. The average Bonchev–Trinajstić information content (AvgIpc) is 2.50. The Morgan fingerprint density at radius 2 is 1.90 bits per heavy atom. The first-order chi connectivity index (χ1) is 10.2. The van der Waals surface area contributed by atoms with Crippen LogP contribution in [0, 0.1) is 0 Å². The molecule has 0 saturated carbocycles. The van der Waals surface area contributed by atoms with Crippen LogP contribution in [0.3, 0.4) is 0 Å². The van der Waals surface area contributed by atoms with E-state index in [0.717, 1.165) is 0 Å². The minimum absolute atomic E-state index is 0.0429. The zero-order valence-electron chi connectivity index (χ0n) is 10.8. The van der Waals surface area contributed by atoms with Gasteiger partial charge >= 0.3 is 0 Å². The second kappa shape index (κ2) is 5.38. The van der Waals surface area contributed by atoms with Gasteiger partial charge in [0.15, 0.2) is 0 Å². The van der Waals surface area contributed by atoms with Crippen molar-refractivity contribution in [1.29, 1.82) is 0 Å². The molecule has 0 bridgehead atoms. The second-order valence-electron chi connectivity index (χ2n) is 4.34. The number of hydrogen-bond acceptors (Lipinski definition) is 3. The molecule has 0 fully saturated rings. The fourth-order valence-corrected chi connectivity index (χ4v) is 2.12. The minimum atomic E-state index is -0.543. The highest BCUT2D eigenvalue weighted by Crippen LogP contribution is 2.20. The fraction of sp³-hybridized carbons (Fsp3) is 0. The maximum atomic E-state index is 12.3. The molecule has 0 aliphatic carbocycles. The first kappa shape index (κ1) is 13.3. The number of rotatable bonds is 2. The number of nitrogens with one attached hydrogen (secondary N) is 1. The lowest BCUT2D eigenvalue weighted by Crippen LogP contribution is -2.26. The normalized spacial score (nSPS) is 10.5. The highest BCUT2D eigenvalue weighted by Gasteiger charge is 2.14. The zero-order chi connectivity index (χ0) is 14.8. The summed E-state index contributed by atoms with van der Waals surface area (Å²) in [5.74, 6) is -0.543. The van der Waals surface area contributed by atoms with Crippen molar-refractivity contribution in [3.8, 4) is 0 Å². The Morgan fingerprint density at radius 1 is 1.14 bits per heavy atom. The molecule has 0 radical (unpaired) electrons. The quantitative estimate of drug-likeness (QED) is 0.791. The number of carbonyl (C=O) groups excluding carboxylic acids is 1. The SMILES string of the molecule is O=C(Nc1ccccc1Cl)c1cnc2ccccn2c1=O. The maximum absolute atomic E-state index is 12.3. The van der Waals surface area contributed by atoms with E-state index >= 15 is 0 Å². The summed E-state index contributed by atoms with van der Waals surface area (Å²) in [6, 6.07) is 12.0. The summed E-state index contributed by atoms with van der Waals surface area (Å²) in [6.45, 7) is 0. The molecule has 2 heterocycles. The minimum Gasteiger partial charge on any atom is -0.320 e. The van der Waals surface area contributed by atoms with Crippen LogP contribution in [0.25, 0.3) is 5.65 Å². The van der Waals surface area contributed by atoms with Gasteiger partial charge in [-0.3, -0.25) is 14.0 Å². The third-order valence-corrected chi connectivity index (χ3v) is 3.31. The maximum Gasteiger partial charge on any atom is 0.270 e. The monoisotopic (exact) mass is 299 g/mol. The Bertz CT molecular complexity index is 889. The van der Waals surface area contributed by atoms with Gasteiger partial charge in [0.25, 0.3) is 11.5 Å². The van der Waals surface area contributed by atoms with Crippen LogP contribution < -0.4 is 10.9 Å². The van der Waals surface area contributed by atoms with Crippen LogP contribution in [-0.4, -0.2) is 15.3 Å². The number of para-hydroxylation sites is 1. The molecule has 3 rings (SSSR count). The lowest BCUT2D eigenvalue weighted by molar-refractivity contribution is 0.102. The van der Waals surface area contributed by atoms with Crippen molar-refractivity contribution in [2.45, 2.75) is 0 Å². The van der Waals surface area contributed by atoms with Crippen LogP contribution in [0.4, 0.5) is 5.69 Å². The number of benzene rings is 1. The number of aromatic nitrogens is 2. The molecular weight excluding hydrogens is 290 g/mol. The molecule has 0 atom stereocenters. The van der Waals surface area contributed by atoms with Crippen molar-refractivity contribution in [2.24, 2.45) is 0 Å². The van der Waals surface area contributed by atoms with Gasteiger partial charge in [0, 0.05) is 12.4 Å². The van der Waals surface area contributed by atoms with Crippen LogP contribution in [0.2, 0.25) is 5.02 Å². The summed E-state index contributed by atoms with van der Waals surface area (Å²) >= 11 is 5.98. The third-order valence-electron chi connectivity index (χ3n) is 2.98. The topological polar surface area (TPSA) is 63.5 Å². The summed E-state index contributed by atoms with van der Waals surface area (Å²) in [7, 11) is 0. The van der Waals surface area contributed by atoms with Crippen molar-refractivity contribution in [1.82, 2.24) is 9.38 Å².